The molecule has 1 N–H and O–H groups in total. The van der Waals surface area contributed by atoms with Crippen LogP contribution < -0.4 is 5.32 Å². The molecule has 3 unspecified atom stereocenters. The molecular weight excluding hydrogens is 170 g/mol. The molecule has 1 rings (SSSR count). The number of nitrogens with one attached hydrogen (secondary N) is 1. The van der Waals surface area contributed by atoms with Gasteiger partial charge in [0.25, 0.3) is 0 Å². The van der Waals surface area contributed by atoms with Gasteiger partial charge in [0, 0.05) is 6.04 Å². The minimum Gasteiger partial charge on any atom is -0.310 e. The van der Waals surface area contributed by atoms with E-state index >= 15 is 0 Å². The van der Waals surface area contributed by atoms with Gasteiger partial charge in [0.2, 0.25) is 0 Å². The van der Waals surface area contributed by atoms with Gasteiger partial charge >= 0.3 is 0 Å². The van der Waals surface area contributed by atoms with Crippen LogP contribution >= 0.6 is 0 Å². The number of hydrogen-bond acceptors (Lipinski definition) is 1. The van der Waals surface area contributed by atoms with Crippen molar-refractivity contribution >= 4 is 0 Å². The van der Waals surface area contributed by atoms with E-state index in [0.717, 1.165) is 18.4 Å². The van der Waals surface area contributed by atoms with Crippen LogP contribution in [0, 0.1) is 11.8 Å². The van der Waals surface area contributed by atoms with Gasteiger partial charge < -0.3 is 5.32 Å². The van der Waals surface area contributed by atoms with Crippen molar-refractivity contribution in [3.05, 3.63) is 12.7 Å². The lowest BCUT2D eigenvalue weighted by Gasteiger charge is -2.21. The van der Waals surface area contributed by atoms with E-state index in [1.807, 2.05) is 0 Å². The molecule has 3 atom stereocenters. The third-order valence-corrected chi connectivity index (χ3v) is 3.55. The lowest BCUT2D eigenvalue weighted by Crippen LogP contribution is -2.33. The Morgan fingerprint density at radius 2 is 2.21 bits per heavy atom. The van der Waals surface area contributed by atoms with E-state index in [1.54, 1.807) is 0 Å². The van der Waals surface area contributed by atoms with E-state index in [0.29, 0.717) is 6.04 Å². The molecule has 0 aromatic rings. The SMILES string of the molecule is C=CC(NCCC)C1CCC(CC)C1. The van der Waals surface area contributed by atoms with Crippen LogP contribution in [0.4, 0.5) is 0 Å². The minimum absolute atomic E-state index is 0.562. The molecule has 0 bridgehead atoms. The van der Waals surface area contributed by atoms with Crippen molar-refractivity contribution in [1.82, 2.24) is 5.32 Å². The van der Waals surface area contributed by atoms with Crippen LogP contribution in [0.15, 0.2) is 12.7 Å². The fraction of sp³-hybridized carbons (Fsp3) is 0.846. The van der Waals surface area contributed by atoms with E-state index in [2.05, 4.69) is 31.8 Å². The highest BCUT2D eigenvalue weighted by Gasteiger charge is 2.27. The molecule has 0 aliphatic heterocycles. The normalized spacial score (nSPS) is 29.0. The molecule has 1 nitrogen and oxygen atoms in total. The summed E-state index contributed by atoms with van der Waals surface area (Å²) in [4.78, 5) is 0. The van der Waals surface area contributed by atoms with Gasteiger partial charge in [-0.15, -0.1) is 6.58 Å². The molecule has 0 heterocycles. The third-order valence-electron chi connectivity index (χ3n) is 3.55. The first-order valence-electron chi connectivity index (χ1n) is 6.17. The Balaban J connectivity index is 2.34. The molecule has 1 saturated carbocycles. The third kappa shape index (κ3) is 3.13. The molecule has 0 amide bonds. The lowest BCUT2D eigenvalue weighted by atomic mass is 9.96. The summed E-state index contributed by atoms with van der Waals surface area (Å²) in [6.45, 7) is 9.61. The molecule has 14 heavy (non-hydrogen) atoms. The van der Waals surface area contributed by atoms with Crippen molar-refractivity contribution in [2.75, 3.05) is 6.54 Å². The van der Waals surface area contributed by atoms with Gasteiger partial charge in [-0.05, 0) is 37.6 Å². The van der Waals surface area contributed by atoms with Gasteiger partial charge in [-0.25, -0.2) is 0 Å². The predicted octanol–water partition coefficient (Wildman–Crippen LogP) is 3.37. The largest absolute Gasteiger partial charge is 0.310 e. The van der Waals surface area contributed by atoms with Gasteiger partial charge in [0.15, 0.2) is 0 Å². The summed E-state index contributed by atoms with van der Waals surface area (Å²) >= 11 is 0. The highest BCUT2D eigenvalue weighted by atomic mass is 14.9. The second kappa shape index (κ2) is 6.23. The molecule has 0 radical (unpaired) electrons. The summed E-state index contributed by atoms with van der Waals surface area (Å²) in [5, 5.41) is 3.59. The number of hydrogen-bond donors (Lipinski definition) is 1. The first kappa shape index (κ1) is 11.8. The monoisotopic (exact) mass is 195 g/mol. The molecule has 1 fully saturated rings. The maximum absolute atomic E-state index is 3.95. The van der Waals surface area contributed by atoms with E-state index in [9.17, 15) is 0 Å². The second-order valence-corrected chi connectivity index (χ2v) is 4.56. The zero-order valence-corrected chi connectivity index (χ0v) is 9.76. The van der Waals surface area contributed by atoms with Gasteiger partial charge in [-0.2, -0.15) is 0 Å². The Kier molecular flexibility index (Phi) is 5.24. The first-order valence-corrected chi connectivity index (χ1v) is 6.17. The molecule has 1 aliphatic rings. The van der Waals surface area contributed by atoms with Gasteiger partial charge in [-0.3, -0.25) is 0 Å². The smallest absolute Gasteiger partial charge is 0.0275 e. The summed E-state index contributed by atoms with van der Waals surface area (Å²) in [5.74, 6) is 1.83. The summed E-state index contributed by atoms with van der Waals surface area (Å²) in [5.41, 5.74) is 0. The Bertz CT molecular complexity index is 165. The minimum atomic E-state index is 0.562. The Labute approximate surface area is 89.0 Å². The van der Waals surface area contributed by atoms with Gasteiger partial charge in [-0.1, -0.05) is 32.8 Å². The van der Waals surface area contributed by atoms with Crippen molar-refractivity contribution in [3.63, 3.8) is 0 Å². The molecule has 82 valence electrons. The zero-order valence-electron chi connectivity index (χ0n) is 9.76. The highest BCUT2D eigenvalue weighted by Crippen LogP contribution is 2.35. The maximum atomic E-state index is 3.95. The molecule has 0 spiro atoms. The molecule has 1 heteroatoms. The summed E-state index contributed by atoms with van der Waals surface area (Å²) in [7, 11) is 0. The van der Waals surface area contributed by atoms with Crippen molar-refractivity contribution in [1.29, 1.82) is 0 Å². The maximum Gasteiger partial charge on any atom is 0.0275 e. The molecule has 1 aliphatic carbocycles. The fourth-order valence-electron chi connectivity index (χ4n) is 2.56. The average molecular weight is 195 g/mol. The molecule has 0 aromatic heterocycles. The summed E-state index contributed by atoms with van der Waals surface area (Å²) in [6, 6.07) is 0.562. The number of rotatable bonds is 6. The zero-order chi connectivity index (χ0) is 10.4. The van der Waals surface area contributed by atoms with Crippen LogP contribution in [0.5, 0.6) is 0 Å². The second-order valence-electron chi connectivity index (χ2n) is 4.56. The van der Waals surface area contributed by atoms with Gasteiger partial charge in [0.1, 0.15) is 0 Å². The Morgan fingerprint density at radius 3 is 2.71 bits per heavy atom. The van der Waals surface area contributed by atoms with Crippen molar-refractivity contribution in [2.24, 2.45) is 11.8 Å². The first-order chi connectivity index (χ1) is 6.81. The standard InChI is InChI=1S/C13H25N/c1-4-9-14-13(6-3)12-8-7-11(5-2)10-12/h6,11-14H,3-5,7-10H2,1-2H3. The average Bonchev–Trinajstić information content (AvgIpc) is 2.68. The summed E-state index contributed by atoms with van der Waals surface area (Å²) in [6.07, 6.45) is 8.91. The summed E-state index contributed by atoms with van der Waals surface area (Å²) < 4.78 is 0. The predicted molar refractivity (Wildman–Crippen MR) is 63.4 cm³/mol. The highest BCUT2D eigenvalue weighted by molar-refractivity contribution is 4.94. The van der Waals surface area contributed by atoms with Crippen molar-refractivity contribution < 1.29 is 0 Å². The van der Waals surface area contributed by atoms with Crippen LogP contribution in [0.3, 0.4) is 0 Å². The van der Waals surface area contributed by atoms with E-state index in [1.165, 1.54) is 32.1 Å². The van der Waals surface area contributed by atoms with Crippen LogP contribution in [-0.2, 0) is 0 Å². The van der Waals surface area contributed by atoms with Crippen LogP contribution in [0.25, 0.3) is 0 Å². The van der Waals surface area contributed by atoms with Gasteiger partial charge in [0.05, 0.1) is 0 Å². The molecular formula is C13H25N. The molecule has 0 saturated heterocycles. The van der Waals surface area contributed by atoms with Crippen LogP contribution in [0.1, 0.15) is 46.0 Å². The topological polar surface area (TPSA) is 12.0 Å². The fourth-order valence-corrected chi connectivity index (χ4v) is 2.56. The quantitative estimate of drug-likeness (QED) is 0.641. The van der Waals surface area contributed by atoms with Crippen molar-refractivity contribution in [3.8, 4) is 0 Å². The van der Waals surface area contributed by atoms with E-state index in [-0.39, 0.29) is 0 Å². The Morgan fingerprint density at radius 1 is 1.43 bits per heavy atom. The lowest BCUT2D eigenvalue weighted by molar-refractivity contribution is 0.395. The molecule has 0 aromatic carbocycles. The van der Waals surface area contributed by atoms with Crippen molar-refractivity contribution in [2.45, 2.75) is 52.0 Å². The van der Waals surface area contributed by atoms with E-state index < -0.39 is 0 Å². The van der Waals surface area contributed by atoms with Crippen LogP contribution in [0.2, 0.25) is 0 Å². The van der Waals surface area contributed by atoms with Crippen LogP contribution in [-0.4, -0.2) is 12.6 Å². The Hall–Kier alpha value is -0.300. The van der Waals surface area contributed by atoms with E-state index in [4.69, 9.17) is 0 Å².